The Labute approximate surface area is 182 Å². The first kappa shape index (κ1) is 20.6. The standard InChI is InChI=1S/C24H20FN3O2S/c25-21-9-5-4-8-20(21)22-16-31-24(26-13-12-17-6-2-1-3-7-17)28(22)27-15-18-10-11-19(29)14-23(18)30/h1-11,14-16,29-30H,12-13H2. The maximum Gasteiger partial charge on any atom is 0.206 e. The van der Waals surface area contributed by atoms with Gasteiger partial charge in [0.15, 0.2) is 0 Å². The normalized spacial score (nSPS) is 12.0. The second-order valence-corrected chi connectivity index (χ2v) is 7.64. The molecule has 0 atom stereocenters. The number of phenolic OH excluding ortho intramolecular Hbond substituents is 2. The van der Waals surface area contributed by atoms with Crippen molar-refractivity contribution in [1.82, 2.24) is 4.68 Å². The second kappa shape index (κ2) is 9.40. The maximum absolute atomic E-state index is 14.5. The molecule has 31 heavy (non-hydrogen) atoms. The zero-order valence-corrected chi connectivity index (χ0v) is 17.3. The number of aromatic nitrogens is 1. The van der Waals surface area contributed by atoms with Crippen molar-refractivity contribution < 1.29 is 14.6 Å². The van der Waals surface area contributed by atoms with E-state index >= 15 is 0 Å². The number of nitrogens with zero attached hydrogens (tertiary/aromatic N) is 3. The predicted molar refractivity (Wildman–Crippen MR) is 121 cm³/mol. The summed E-state index contributed by atoms with van der Waals surface area (Å²) in [6.45, 7) is 0.557. The van der Waals surface area contributed by atoms with Crippen LogP contribution in [0.3, 0.4) is 0 Å². The van der Waals surface area contributed by atoms with E-state index in [0.717, 1.165) is 6.42 Å². The van der Waals surface area contributed by atoms with Crippen molar-refractivity contribution in [2.75, 3.05) is 6.54 Å². The van der Waals surface area contributed by atoms with Gasteiger partial charge in [-0.3, -0.25) is 4.99 Å². The lowest BCUT2D eigenvalue weighted by Gasteiger charge is -2.05. The Morgan fingerprint density at radius 3 is 2.52 bits per heavy atom. The van der Waals surface area contributed by atoms with E-state index in [4.69, 9.17) is 0 Å². The molecule has 1 aromatic heterocycles. The Morgan fingerprint density at radius 2 is 1.74 bits per heavy atom. The molecule has 0 aliphatic heterocycles. The molecule has 4 rings (SSSR count). The van der Waals surface area contributed by atoms with Gasteiger partial charge in [0.2, 0.25) is 4.80 Å². The number of rotatable bonds is 6. The van der Waals surface area contributed by atoms with Crippen LogP contribution in [0.15, 0.2) is 88.3 Å². The minimum atomic E-state index is -0.354. The molecule has 0 saturated heterocycles. The summed E-state index contributed by atoms with van der Waals surface area (Å²) in [5.74, 6) is -0.497. The van der Waals surface area contributed by atoms with Crippen LogP contribution in [-0.2, 0) is 6.42 Å². The van der Waals surface area contributed by atoms with Gasteiger partial charge in [0.25, 0.3) is 0 Å². The number of halogens is 1. The van der Waals surface area contributed by atoms with Crippen molar-refractivity contribution in [3.8, 4) is 22.8 Å². The molecule has 156 valence electrons. The van der Waals surface area contributed by atoms with Gasteiger partial charge in [-0.2, -0.15) is 5.10 Å². The molecule has 0 amide bonds. The van der Waals surface area contributed by atoms with Gasteiger partial charge in [-0.25, -0.2) is 9.07 Å². The van der Waals surface area contributed by atoms with Gasteiger partial charge in [0, 0.05) is 29.1 Å². The summed E-state index contributed by atoms with van der Waals surface area (Å²) in [6.07, 6.45) is 2.23. The lowest BCUT2D eigenvalue weighted by Crippen LogP contribution is -2.13. The van der Waals surface area contributed by atoms with Gasteiger partial charge in [-0.15, -0.1) is 11.3 Å². The third-order valence-electron chi connectivity index (χ3n) is 4.65. The largest absolute Gasteiger partial charge is 0.508 e. The minimum Gasteiger partial charge on any atom is -0.508 e. The van der Waals surface area contributed by atoms with Crippen LogP contribution < -0.4 is 4.80 Å². The predicted octanol–water partition coefficient (Wildman–Crippen LogP) is 4.79. The van der Waals surface area contributed by atoms with E-state index in [0.29, 0.717) is 28.2 Å². The van der Waals surface area contributed by atoms with Crippen molar-refractivity contribution in [1.29, 1.82) is 0 Å². The molecule has 0 aliphatic rings. The first-order chi connectivity index (χ1) is 15.1. The van der Waals surface area contributed by atoms with E-state index in [1.165, 1.54) is 41.3 Å². The molecule has 0 spiro atoms. The Kier molecular flexibility index (Phi) is 6.24. The molecule has 7 heteroatoms. The fourth-order valence-electron chi connectivity index (χ4n) is 3.06. The highest BCUT2D eigenvalue weighted by atomic mass is 32.1. The van der Waals surface area contributed by atoms with Crippen LogP contribution in [0.25, 0.3) is 11.3 Å². The number of phenols is 2. The molecule has 4 aromatic rings. The molecule has 3 aromatic carbocycles. The first-order valence-electron chi connectivity index (χ1n) is 9.68. The van der Waals surface area contributed by atoms with Gasteiger partial charge in [0.1, 0.15) is 17.3 Å². The van der Waals surface area contributed by atoms with Crippen LogP contribution in [0.1, 0.15) is 11.1 Å². The van der Waals surface area contributed by atoms with Crippen LogP contribution in [-0.4, -0.2) is 27.6 Å². The van der Waals surface area contributed by atoms with Gasteiger partial charge in [-0.05, 0) is 36.2 Å². The van der Waals surface area contributed by atoms with Crippen LogP contribution >= 0.6 is 11.3 Å². The summed E-state index contributed by atoms with van der Waals surface area (Å²) in [7, 11) is 0. The summed E-state index contributed by atoms with van der Waals surface area (Å²) in [5, 5.41) is 25.8. The summed E-state index contributed by atoms with van der Waals surface area (Å²) < 4.78 is 16.0. The van der Waals surface area contributed by atoms with E-state index in [-0.39, 0.29) is 17.3 Å². The molecule has 0 unspecified atom stereocenters. The number of benzene rings is 3. The van der Waals surface area contributed by atoms with E-state index in [1.54, 1.807) is 28.9 Å². The molecule has 0 saturated carbocycles. The molecule has 2 N–H and O–H groups in total. The van der Waals surface area contributed by atoms with Gasteiger partial charge in [0.05, 0.1) is 11.9 Å². The fraction of sp³-hybridized carbons (Fsp3) is 0.0833. The number of hydrogen-bond acceptors (Lipinski definition) is 5. The molecule has 1 heterocycles. The lowest BCUT2D eigenvalue weighted by atomic mass is 10.1. The fourth-order valence-corrected chi connectivity index (χ4v) is 3.92. The average molecular weight is 434 g/mol. The van der Waals surface area contributed by atoms with Gasteiger partial charge >= 0.3 is 0 Å². The highest BCUT2D eigenvalue weighted by Gasteiger charge is 2.11. The molecule has 5 nitrogen and oxygen atoms in total. The van der Waals surface area contributed by atoms with Crippen molar-refractivity contribution in [3.05, 3.63) is 99.9 Å². The molecule has 0 bridgehead atoms. The van der Waals surface area contributed by atoms with E-state index < -0.39 is 0 Å². The van der Waals surface area contributed by atoms with E-state index in [9.17, 15) is 14.6 Å². The highest BCUT2D eigenvalue weighted by Crippen LogP contribution is 2.24. The Bertz CT molecular complexity index is 1280. The summed E-state index contributed by atoms with van der Waals surface area (Å²) in [4.78, 5) is 5.28. The van der Waals surface area contributed by atoms with Crippen LogP contribution in [0.4, 0.5) is 4.39 Å². The Balaban J connectivity index is 1.72. The summed E-state index contributed by atoms with van der Waals surface area (Å²) >= 11 is 1.37. The van der Waals surface area contributed by atoms with E-state index in [2.05, 4.69) is 22.2 Å². The molecule has 0 aliphatic carbocycles. The van der Waals surface area contributed by atoms with Crippen LogP contribution in [0.2, 0.25) is 0 Å². The van der Waals surface area contributed by atoms with Crippen LogP contribution in [0, 0.1) is 5.82 Å². The number of aromatic hydroxyl groups is 2. The zero-order chi connectivity index (χ0) is 21.6. The third-order valence-corrected chi connectivity index (χ3v) is 5.51. The number of hydrogen-bond donors (Lipinski definition) is 2. The Morgan fingerprint density at radius 1 is 0.968 bits per heavy atom. The maximum atomic E-state index is 14.5. The molecule has 0 radical (unpaired) electrons. The monoisotopic (exact) mass is 433 g/mol. The van der Waals surface area contributed by atoms with Gasteiger partial charge < -0.3 is 10.2 Å². The van der Waals surface area contributed by atoms with E-state index in [1.807, 2.05) is 23.6 Å². The minimum absolute atomic E-state index is 0.0403. The lowest BCUT2D eigenvalue weighted by molar-refractivity contribution is 0.450. The zero-order valence-electron chi connectivity index (χ0n) is 16.5. The third kappa shape index (κ3) is 4.90. The molecule has 0 fully saturated rings. The highest BCUT2D eigenvalue weighted by molar-refractivity contribution is 7.07. The Hall–Kier alpha value is -3.71. The van der Waals surface area contributed by atoms with Gasteiger partial charge in [-0.1, -0.05) is 42.5 Å². The van der Waals surface area contributed by atoms with Crippen molar-refractivity contribution in [3.63, 3.8) is 0 Å². The van der Waals surface area contributed by atoms with Crippen molar-refractivity contribution in [2.24, 2.45) is 10.1 Å². The summed E-state index contributed by atoms with van der Waals surface area (Å²) in [5.41, 5.74) is 2.58. The topological polar surface area (TPSA) is 70.1 Å². The first-order valence-corrected chi connectivity index (χ1v) is 10.6. The number of thiazole rings is 1. The van der Waals surface area contributed by atoms with Crippen molar-refractivity contribution >= 4 is 17.6 Å². The SMILES string of the molecule is Oc1ccc(C=Nn2c(-c3ccccc3F)csc2=NCCc2ccccc2)c(O)c1. The second-order valence-electron chi connectivity index (χ2n) is 6.80. The van der Waals surface area contributed by atoms with Crippen LogP contribution in [0.5, 0.6) is 11.5 Å². The summed E-state index contributed by atoms with van der Waals surface area (Å²) in [6, 6.07) is 20.8. The van der Waals surface area contributed by atoms with Crippen molar-refractivity contribution in [2.45, 2.75) is 6.42 Å². The quantitative estimate of drug-likeness (QED) is 0.429. The molecular weight excluding hydrogens is 413 g/mol. The average Bonchev–Trinajstić information content (AvgIpc) is 3.17. The molecular formula is C24H20FN3O2S. The smallest absolute Gasteiger partial charge is 0.206 e.